The summed E-state index contributed by atoms with van der Waals surface area (Å²) in [5, 5.41) is 0. The van der Waals surface area contributed by atoms with E-state index in [2.05, 4.69) is 34.1 Å². The first-order valence-corrected chi connectivity index (χ1v) is 5.54. The van der Waals surface area contributed by atoms with Crippen LogP contribution in [0.2, 0.25) is 0 Å². The Hall–Kier alpha value is -0.0400. The fourth-order valence-electron chi connectivity index (χ4n) is 2.18. The molecule has 1 aliphatic carbocycles. The molecule has 0 aromatic heterocycles. The van der Waals surface area contributed by atoms with Crippen LogP contribution in [-0.2, 0) is 4.74 Å². The summed E-state index contributed by atoms with van der Waals surface area (Å²) in [5.41, 5.74) is 0.139. The van der Waals surface area contributed by atoms with Crippen LogP contribution in [0.25, 0.3) is 0 Å². The van der Waals surface area contributed by atoms with E-state index in [1.54, 1.807) is 0 Å². The number of rotatable bonds is 3. The largest absolute Gasteiger partial charge is 0.376 e. The molecule has 1 rings (SSSR count). The van der Waals surface area contributed by atoms with Gasteiger partial charge in [0, 0.05) is 6.61 Å². The van der Waals surface area contributed by atoms with Crippen molar-refractivity contribution < 1.29 is 4.74 Å². The zero-order valence-corrected chi connectivity index (χ0v) is 9.47. The summed E-state index contributed by atoms with van der Waals surface area (Å²) in [5.74, 6) is 1.61. The van der Waals surface area contributed by atoms with Crippen LogP contribution < -0.4 is 0 Å². The molecule has 2 atom stereocenters. The normalized spacial score (nSPS) is 35.3. The van der Waals surface area contributed by atoms with E-state index in [-0.39, 0.29) is 5.60 Å². The average molecular weight is 183 g/mol. The van der Waals surface area contributed by atoms with Gasteiger partial charge in [-0.2, -0.15) is 0 Å². The summed E-state index contributed by atoms with van der Waals surface area (Å²) in [6, 6.07) is 0. The van der Waals surface area contributed by atoms with E-state index in [9.17, 15) is 0 Å². The maximum absolute atomic E-state index is 5.77. The molecule has 13 heavy (non-hydrogen) atoms. The molecule has 1 radical (unpaired) electrons. The third-order valence-corrected chi connectivity index (χ3v) is 3.21. The SMILES string of the molecule is CCOC1(C)C[CH]C(C(C)C)CC1. The third kappa shape index (κ3) is 2.98. The van der Waals surface area contributed by atoms with Crippen molar-refractivity contribution in [2.75, 3.05) is 6.61 Å². The molecule has 1 saturated carbocycles. The lowest BCUT2D eigenvalue weighted by Crippen LogP contribution is -2.35. The standard InChI is InChI=1S/C12H23O/c1-5-13-12(4)8-6-11(7-9-12)10(2)3/h6,10-11H,5,7-9H2,1-4H3. The van der Waals surface area contributed by atoms with Crippen molar-refractivity contribution in [3.05, 3.63) is 6.42 Å². The summed E-state index contributed by atoms with van der Waals surface area (Å²) in [6.45, 7) is 9.79. The summed E-state index contributed by atoms with van der Waals surface area (Å²) in [4.78, 5) is 0. The Labute approximate surface area is 82.9 Å². The average Bonchev–Trinajstić information content (AvgIpc) is 2.05. The van der Waals surface area contributed by atoms with Gasteiger partial charge in [0.1, 0.15) is 0 Å². The quantitative estimate of drug-likeness (QED) is 0.651. The van der Waals surface area contributed by atoms with Gasteiger partial charge in [0.25, 0.3) is 0 Å². The lowest BCUT2D eigenvalue weighted by atomic mass is 9.75. The van der Waals surface area contributed by atoms with Crippen LogP contribution >= 0.6 is 0 Å². The highest BCUT2D eigenvalue weighted by atomic mass is 16.5. The molecule has 0 bridgehead atoms. The van der Waals surface area contributed by atoms with Crippen LogP contribution in [0, 0.1) is 18.3 Å². The van der Waals surface area contributed by atoms with Gasteiger partial charge in [-0.05, 0) is 51.4 Å². The Morgan fingerprint density at radius 1 is 1.54 bits per heavy atom. The Bertz CT molecular complexity index is 143. The molecule has 0 heterocycles. The van der Waals surface area contributed by atoms with E-state index < -0.39 is 0 Å². The molecule has 0 aromatic carbocycles. The lowest BCUT2D eigenvalue weighted by molar-refractivity contribution is -0.0483. The minimum absolute atomic E-state index is 0.139. The van der Waals surface area contributed by atoms with Crippen molar-refractivity contribution in [2.24, 2.45) is 11.8 Å². The fourth-order valence-corrected chi connectivity index (χ4v) is 2.18. The number of hydrogen-bond donors (Lipinski definition) is 0. The zero-order chi connectivity index (χ0) is 9.90. The van der Waals surface area contributed by atoms with Crippen molar-refractivity contribution >= 4 is 0 Å². The van der Waals surface area contributed by atoms with Gasteiger partial charge in [0.05, 0.1) is 5.60 Å². The molecule has 0 saturated heterocycles. The molecule has 1 aliphatic rings. The van der Waals surface area contributed by atoms with Crippen molar-refractivity contribution in [3.8, 4) is 0 Å². The van der Waals surface area contributed by atoms with Crippen LogP contribution in [-0.4, -0.2) is 12.2 Å². The van der Waals surface area contributed by atoms with Gasteiger partial charge in [0.2, 0.25) is 0 Å². The molecule has 1 nitrogen and oxygen atoms in total. The van der Waals surface area contributed by atoms with Gasteiger partial charge >= 0.3 is 0 Å². The highest BCUT2D eigenvalue weighted by Crippen LogP contribution is 2.36. The summed E-state index contributed by atoms with van der Waals surface area (Å²) >= 11 is 0. The third-order valence-electron chi connectivity index (χ3n) is 3.21. The zero-order valence-electron chi connectivity index (χ0n) is 9.47. The van der Waals surface area contributed by atoms with Crippen molar-refractivity contribution in [3.63, 3.8) is 0 Å². The Kier molecular flexibility index (Phi) is 3.78. The Morgan fingerprint density at radius 3 is 2.62 bits per heavy atom. The van der Waals surface area contributed by atoms with Crippen molar-refractivity contribution in [1.82, 2.24) is 0 Å². The molecule has 0 N–H and O–H groups in total. The van der Waals surface area contributed by atoms with E-state index in [1.165, 1.54) is 12.8 Å². The van der Waals surface area contributed by atoms with Crippen LogP contribution in [0.4, 0.5) is 0 Å². The summed E-state index contributed by atoms with van der Waals surface area (Å²) < 4.78 is 5.77. The molecule has 1 fully saturated rings. The van der Waals surface area contributed by atoms with E-state index in [1.807, 2.05) is 0 Å². The van der Waals surface area contributed by atoms with Crippen LogP contribution in [0.5, 0.6) is 0 Å². The minimum Gasteiger partial charge on any atom is -0.376 e. The van der Waals surface area contributed by atoms with E-state index in [0.717, 1.165) is 24.9 Å². The van der Waals surface area contributed by atoms with Gasteiger partial charge in [0.15, 0.2) is 0 Å². The molecule has 0 aliphatic heterocycles. The predicted octanol–water partition coefficient (Wildman–Crippen LogP) is 3.44. The monoisotopic (exact) mass is 183 g/mol. The minimum atomic E-state index is 0.139. The van der Waals surface area contributed by atoms with Crippen LogP contribution in [0.1, 0.15) is 47.0 Å². The van der Waals surface area contributed by atoms with Crippen LogP contribution in [0.15, 0.2) is 0 Å². The lowest BCUT2D eigenvalue weighted by Gasteiger charge is -2.38. The second-order valence-corrected chi connectivity index (χ2v) is 4.77. The topological polar surface area (TPSA) is 9.23 Å². The molecular formula is C12H23O. The Morgan fingerprint density at radius 2 is 2.23 bits per heavy atom. The fraction of sp³-hybridized carbons (Fsp3) is 0.917. The molecule has 0 aromatic rings. The predicted molar refractivity (Wildman–Crippen MR) is 56.5 cm³/mol. The second-order valence-electron chi connectivity index (χ2n) is 4.77. The van der Waals surface area contributed by atoms with Gasteiger partial charge in [-0.3, -0.25) is 0 Å². The first-order valence-electron chi connectivity index (χ1n) is 5.54. The van der Waals surface area contributed by atoms with E-state index >= 15 is 0 Å². The number of hydrogen-bond acceptors (Lipinski definition) is 1. The maximum atomic E-state index is 5.77. The second kappa shape index (κ2) is 4.45. The molecular weight excluding hydrogens is 160 g/mol. The molecule has 1 heteroatoms. The highest BCUT2D eigenvalue weighted by Gasteiger charge is 2.32. The molecule has 77 valence electrons. The first kappa shape index (κ1) is 11.0. The smallest absolute Gasteiger partial charge is 0.0657 e. The van der Waals surface area contributed by atoms with Gasteiger partial charge in [-0.1, -0.05) is 13.8 Å². The van der Waals surface area contributed by atoms with E-state index in [0.29, 0.717) is 0 Å². The van der Waals surface area contributed by atoms with Crippen molar-refractivity contribution in [2.45, 2.75) is 52.6 Å². The number of ether oxygens (including phenoxy) is 1. The van der Waals surface area contributed by atoms with Gasteiger partial charge in [-0.15, -0.1) is 0 Å². The molecule has 2 unspecified atom stereocenters. The summed E-state index contributed by atoms with van der Waals surface area (Å²) in [6.07, 6.45) is 6.11. The Balaban J connectivity index is 2.37. The maximum Gasteiger partial charge on any atom is 0.0657 e. The molecule has 0 spiro atoms. The summed E-state index contributed by atoms with van der Waals surface area (Å²) in [7, 11) is 0. The highest BCUT2D eigenvalue weighted by molar-refractivity contribution is 4.94. The van der Waals surface area contributed by atoms with Gasteiger partial charge in [-0.25, -0.2) is 0 Å². The van der Waals surface area contributed by atoms with Gasteiger partial charge < -0.3 is 4.74 Å². The first-order chi connectivity index (χ1) is 6.07. The van der Waals surface area contributed by atoms with Crippen molar-refractivity contribution in [1.29, 1.82) is 0 Å². The van der Waals surface area contributed by atoms with E-state index in [4.69, 9.17) is 4.74 Å². The molecule has 0 amide bonds. The van der Waals surface area contributed by atoms with Crippen LogP contribution in [0.3, 0.4) is 0 Å².